The average Bonchev–Trinajstić information content (AvgIpc) is 2.64. The predicted molar refractivity (Wildman–Crippen MR) is 99.8 cm³/mol. The van der Waals surface area contributed by atoms with Gasteiger partial charge in [0, 0.05) is 38.5 Å². The van der Waals surface area contributed by atoms with E-state index < -0.39 is 23.9 Å². The van der Waals surface area contributed by atoms with E-state index in [1.165, 1.54) is 6.42 Å². The van der Waals surface area contributed by atoms with Crippen LogP contribution < -0.4 is 0 Å². The zero-order valence-electron chi connectivity index (χ0n) is 16.7. The number of Topliss-reactive ketones (excluding diaryl/α,β-unsaturated/α-hetero) is 1. The molecule has 0 aromatic heterocycles. The standard InChI is InChI=1S/C6H10O.4C3H6O2/c7-6-4-2-1-3-5-6;4*1-2-3(4)5/h1-5H2;4*2H2,1H3,(H,4,5). The van der Waals surface area contributed by atoms with Crippen LogP contribution >= 0.6 is 0 Å². The van der Waals surface area contributed by atoms with E-state index in [1.54, 1.807) is 27.7 Å². The number of hydrogen-bond acceptors (Lipinski definition) is 5. The number of carbonyl (C=O) groups is 5. The summed E-state index contributed by atoms with van der Waals surface area (Å²) in [6.07, 6.45) is 6.13. The Bertz CT molecular complexity index is 353. The molecule has 0 spiro atoms. The van der Waals surface area contributed by atoms with Crippen molar-refractivity contribution in [2.24, 2.45) is 0 Å². The van der Waals surface area contributed by atoms with Gasteiger partial charge in [-0.15, -0.1) is 0 Å². The molecule has 1 fully saturated rings. The normalized spacial score (nSPS) is 11.3. The van der Waals surface area contributed by atoms with Crippen LogP contribution in [0.25, 0.3) is 0 Å². The van der Waals surface area contributed by atoms with E-state index in [9.17, 15) is 24.0 Å². The molecule has 1 aliphatic carbocycles. The van der Waals surface area contributed by atoms with E-state index in [-0.39, 0.29) is 25.7 Å². The number of carbonyl (C=O) groups excluding carboxylic acids is 1. The van der Waals surface area contributed by atoms with Gasteiger partial charge in [0.05, 0.1) is 0 Å². The summed E-state index contributed by atoms with van der Waals surface area (Å²) < 4.78 is 0. The van der Waals surface area contributed by atoms with Crippen molar-refractivity contribution in [2.45, 2.75) is 85.5 Å². The van der Waals surface area contributed by atoms with E-state index in [2.05, 4.69) is 0 Å². The Balaban J connectivity index is -0.000000124. The number of rotatable bonds is 4. The molecular formula is C18H34O9. The molecule has 4 N–H and O–H groups in total. The van der Waals surface area contributed by atoms with Gasteiger partial charge >= 0.3 is 23.9 Å². The van der Waals surface area contributed by atoms with Gasteiger partial charge in [0.25, 0.3) is 0 Å². The van der Waals surface area contributed by atoms with Gasteiger partial charge in [0.1, 0.15) is 5.78 Å². The molecule has 1 aliphatic rings. The summed E-state index contributed by atoms with van der Waals surface area (Å²) in [5.74, 6) is -2.52. The zero-order chi connectivity index (χ0) is 22.3. The third-order valence-corrected chi connectivity index (χ3v) is 2.62. The molecule has 27 heavy (non-hydrogen) atoms. The highest BCUT2D eigenvalue weighted by atomic mass is 16.4. The van der Waals surface area contributed by atoms with Crippen LogP contribution in [0.1, 0.15) is 85.5 Å². The minimum Gasteiger partial charge on any atom is -0.481 e. The molecule has 0 atom stereocenters. The number of carboxylic acid groups (broad SMARTS) is 4. The van der Waals surface area contributed by atoms with Crippen LogP contribution in [0.3, 0.4) is 0 Å². The van der Waals surface area contributed by atoms with E-state index in [0.29, 0.717) is 5.78 Å². The summed E-state index contributed by atoms with van der Waals surface area (Å²) in [6.45, 7) is 6.40. The highest BCUT2D eigenvalue weighted by Crippen LogP contribution is 2.12. The number of hydrogen-bond donors (Lipinski definition) is 4. The van der Waals surface area contributed by atoms with Crippen molar-refractivity contribution in [3.63, 3.8) is 0 Å². The van der Waals surface area contributed by atoms with Crippen molar-refractivity contribution >= 4 is 29.7 Å². The Morgan fingerprint density at radius 1 is 0.593 bits per heavy atom. The van der Waals surface area contributed by atoms with Crippen molar-refractivity contribution in [1.29, 1.82) is 0 Å². The lowest BCUT2D eigenvalue weighted by molar-refractivity contribution is -0.137. The molecule has 0 aromatic carbocycles. The monoisotopic (exact) mass is 394 g/mol. The SMILES string of the molecule is CCC(=O)O.CCC(=O)O.CCC(=O)O.CCC(=O)O.O=C1CCCCC1. The first-order valence-corrected chi connectivity index (χ1v) is 8.86. The van der Waals surface area contributed by atoms with E-state index >= 15 is 0 Å². The summed E-state index contributed by atoms with van der Waals surface area (Å²) in [7, 11) is 0. The third kappa shape index (κ3) is 59.6. The Morgan fingerprint density at radius 3 is 0.852 bits per heavy atom. The minimum absolute atomic E-state index is 0.222. The molecule has 0 amide bonds. The molecular weight excluding hydrogens is 360 g/mol. The second-order valence-corrected chi connectivity index (χ2v) is 5.09. The first-order chi connectivity index (χ1) is 12.5. The molecule has 0 aliphatic heterocycles. The molecule has 0 heterocycles. The fraction of sp³-hybridized carbons (Fsp3) is 0.722. The van der Waals surface area contributed by atoms with Gasteiger partial charge < -0.3 is 20.4 Å². The van der Waals surface area contributed by atoms with Crippen molar-refractivity contribution < 1.29 is 44.4 Å². The molecule has 1 saturated carbocycles. The average molecular weight is 394 g/mol. The first kappa shape index (κ1) is 32.2. The van der Waals surface area contributed by atoms with Crippen LogP contribution in [-0.4, -0.2) is 50.1 Å². The zero-order valence-corrected chi connectivity index (χ0v) is 16.7. The van der Waals surface area contributed by atoms with Crippen LogP contribution in [-0.2, 0) is 24.0 Å². The van der Waals surface area contributed by atoms with Crippen LogP contribution in [0, 0.1) is 0 Å². The lowest BCUT2D eigenvalue weighted by Gasteiger charge is -2.05. The molecule has 160 valence electrons. The van der Waals surface area contributed by atoms with Gasteiger partial charge in [-0.3, -0.25) is 24.0 Å². The Hall–Kier alpha value is -2.45. The highest BCUT2D eigenvalue weighted by molar-refractivity contribution is 5.78. The molecule has 9 nitrogen and oxygen atoms in total. The van der Waals surface area contributed by atoms with E-state index in [1.807, 2.05) is 0 Å². The summed E-state index contributed by atoms with van der Waals surface area (Å²) in [5.41, 5.74) is 0. The van der Waals surface area contributed by atoms with Gasteiger partial charge in [-0.05, 0) is 12.8 Å². The smallest absolute Gasteiger partial charge is 0.303 e. The molecule has 0 aromatic rings. The van der Waals surface area contributed by atoms with Gasteiger partial charge in [0.2, 0.25) is 0 Å². The molecule has 0 unspecified atom stereocenters. The van der Waals surface area contributed by atoms with Crippen LogP contribution in [0.2, 0.25) is 0 Å². The lowest BCUT2D eigenvalue weighted by atomic mass is 10.00. The lowest BCUT2D eigenvalue weighted by Crippen LogP contribution is -2.02. The van der Waals surface area contributed by atoms with Crippen LogP contribution in [0.15, 0.2) is 0 Å². The van der Waals surface area contributed by atoms with Crippen LogP contribution in [0.4, 0.5) is 0 Å². The van der Waals surface area contributed by atoms with Gasteiger partial charge in [-0.2, -0.15) is 0 Å². The molecule has 1 rings (SSSR count). The van der Waals surface area contributed by atoms with Crippen molar-refractivity contribution in [3.8, 4) is 0 Å². The Morgan fingerprint density at radius 2 is 0.778 bits per heavy atom. The van der Waals surface area contributed by atoms with Crippen molar-refractivity contribution in [2.75, 3.05) is 0 Å². The van der Waals surface area contributed by atoms with E-state index in [0.717, 1.165) is 25.7 Å². The van der Waals surface area contributed by atoms with Crippen molar-refractivity contribution in [3.05, 3.63) is 0 Å². The fourth-order valence-corrected chi connectivity index (χ4v) is 0.946. The quantitative estimate of drug-likeness (QED) is 0.558. The topological polar surface area (TPSA) is 166 Å². The molecule has 0 saturated heterocycles. The second kappa shape index (κ2) is 25.8. The Kier molecular flexibility index (Phi) is 30.8. The first-order valence-electron chi connectivity index (χ1n) is 8.86. The second-order valence-electron chi connectivity index (χ2n) is 5.09. The maximum absolute atomic E-state index is 10.5. The highest BCUT2D eigenvalue weighted by Gasteiger charge is 2.05. The maximum Gasteiger partial charge on any atom is 0.303 e. The van der Waals surface area contributed by atoms with Crippen molar-refractivity contribution in [1.82, 2.24) is 0 Å². The summed E-state index contributed by atoms with van der Waals surface area (Å²) in [5, 5.41) is 30.9. The Labute approximate surface area is 160 Å². The molecule has 0 bridgehead atoms. The molecule has 9 heteroatoms. The van der Waals surface area contributed by atoms with Gasteiger partial charge in [-0.25, -0.2) is 0 Å². The summed E-state index contributed by atoms with van der Waals surface area (Å²) in [6, 6.07) is 0. The number of ketones is 1. The van der Waals surface area contributed by atoms with Gasteiger partial charge in [-0.1, -0.05) is 34.1 Å². The fourth-order valence-electron chi connectivity index (χ4n) is 0.946. The number of carboxylic acids is 4. The van der Waals surface area contributed by atoms with Gasteiger partial charge in [0.15, 0.2) is 0 Å². The largest absolute Gasteiger partial charge is 0.481 e. The molecule has 0 radical (unpaired) electrons. The minimum atomic E-state index is -0.745. The maximum atomic E-state index is 10.5. The number of aliphatic carboxylic acids is 4. The third-order valence-electron chi connectivity index (χ3n) is 2.62. The summed E-state index contributed by atoms with van der Waals surface area (Å²) in [4.78, 5) is 47.9. The van der Waals surface area contributed by atoms with E-state index in [4.69, 9.17) is 20.4 Å². The van der Waals surface area contributed by atoms with Crippen LogP contribution in [0.5, 0.6) is 0 Å². The predicted octanol–water partition coefficient (Wildman–Crippen LogP) is 3.44. The summed E-state index contributed by atoms with van der Waals surface area (Å²) >= 11 is 0.